The molecule has 2 aromatic rings. The predicted molar refractivity (Wildman–Crippen MR) is 53.2 cm³/mol. The van der Waals surface area contributed by atoms with Crippen LogP contribution in [0.1, 0.15) is 18.6 Å². The normalized spacial score (nSPS) is 10.9. The molecule has 0 unspecified atom stereocenters. The quantitative estimate of drug-likeness (QED) is 0.681. The summed E-state index contributed by atoms with van der Waals surface area (Å²) in [6.45, 7) is 3.91. The Bertz CT molecular complexity index is 496. The van der Waals surface area contributed by atoms with Crippen LogP contribution in [-0.2, 0) is 6.42 Å². The van der Waals surface area contributed by atoms with Gasteiger partial charge in [-0.05, 0) is 6.92 Å². The second-order valence-corrected chi connectivity index (χ2v) is 3.27. The van der Waals surface area contributed by atoms with Crippen LogP contribution in [0.2, 0.25) is 0 Å². The smallest absolute Gasteiger partial charge is 0.160 e. The van der Waals surface area contributed by atoms with Gasteiger partial charge in [-0.3, -0.25) is 0 Å². The summed E-state index contributed by atoms with van der Waals surface area (Å²) in [6.07, 6.45) is 0.871. The lowest BCUT2D eigenvalue weighted by molar-refractivity contribution is 0.996. The minimum absolute atomic E-state index is 0.582. The van der Waals surface area contributed by atoms with Crippen molar-refractivity contribution in [3.8, 4) is 0 Å². The van der Waals surface area contributed by atoms with E-state index in [0.29, 0.717) is 4.64 Å². The van der Waals surface area contributed by atoms with Gasteiger partial charge in [0.05, 0.1) is 0 Å². The predicted octanol–water partition coefficient (Wildman–Crippen LogP) is 1.89. The van der Waals surface area contributed by atoms with Gasteiger partial charge in [-0.2, -0.15) is 0 Å². The maximum Gasteiger partial charge on any atom is 0.160 e. The molecule has 2 heterocycles. The molecule has 2 N–H and O–H groups in total. The van der Waals surface area contributed by atoms with E-state index in [4.69, 9.17) is 12.2 Å². The Morgan fingerprint density at radius 3 is 2.77 bits per heavy atom. The van der Waals surface area contributed by atoms with E-state index in [1.165, 1.54) is 0 Å². The van der Waals surface area contributed by atoms with Crippen LogP contribution in [0.4, 0.5) is 0 Å². The first-order valence-corrected chi connectivity index (χ1v) is 4.57. The molecule has 0 aliphatic heterocycles. The van der Waals surface area contributed by atoms with Gasteiger partial charge in [0.1, 0.15) is 17.2 Å². The molecule has 5 heteroatoms. The van der Waals surface area contributed by atoms with E-state index in [-0.39, 0.29) is 0 Å². The molecule has 68 valence electrons. The highest BCUT2D eigenvalue weighted by Crippen LogP contribution is 2.09. The molecule has 2 rings (SSSR count). The Kier molecular flexibility index (Phi) is 1.88. The molecule has 0 saturated heterocycles. The summed E-state index contributed by atoms with van der Waals surface area (Å²) < 4.78 is 0.582. The fourth-order valence-corrected chi connectivity index (χ4v) is 1.53. The van der Waals surface area contributed by atoms with Crippen LogP contribution in [0.3, 0.4) is 0 Å². The zero-order valence-electron chi connectivity index (χ0n) is 7.51. The first-order chi connectivity index (χ1) is 6.20. The lowest BCUT2D eigenvalue weighted by Crippen LogP contribution is -1.88. The first-order valence-electron chi connectivity index (χ1n) is 4.16. The molecule has 0 atom stereocenters. The maximum absolute atomic E-state index is 5.10. The molecule has 4 nitrogen and oxygen atoms in total. The van der Waals surface area contributed by atoms with E-state index < -0.39 is 0 Å². The van der Waals surface area contributed by atoms with E-state index in [2.05, 4.69) is 19.9 Å². The zero-order chi connectivity index (χ0) is 9.42. The van der Waals surface area contributed by atoms with Gasteiger partial charge in [0.25, 0.3) is 0 Å². The standard InChI is InChI=1S/C8H10N4S/c1-3-5-11-6-7(12-5)9-4(2)10-8(6)13/h3H2,1-2H3,(H2,9,10,11,12,13). The molecule has 0 saturated carbocycles. The summed E-state index contributed by atoms with van der Waals surface area (Å²) in [5.41, 5.74) is 1.63. The lowest BCUT2D eigenvalue weighted by atomic mass is 10.5. The highest BCUT2D eigenvalue weighted by molar-refractivity contribution is 7.71. The Labute approximate surface area is 80.4 Å². The largest absolute Gasteiger partial charge is 0.338 e. The molecule has 0 amide bonds. The van der Waals surface area contributed by atoms with Gasteiger partial charge in [0.2, 0.25) is 0 Å². The second kappa shape index (κ2) is 2.92. The van der Waals surface area contributed by atoms with Crippen molar-refractivity contribution in [2.75, 3.05) is 0 Å². The van der Waals surface area contributed by atoms with E-state index in [1.54, 1.807) is 0 Å². The minimum Gasteiger partial charge on any atom is -0.338 e. The summed E-state index contributed by atoms with van der Waals surface area (Å²) in [4.78, 5) is 14.7. The molecule has 2 aromatic heterocycles. The van der Waals surface area contributed by atoms with Crippen molar-refractivity contribution >= 4 is 23.4 Å². The number of aromatic amines is 2. The Balaban J connectivity index is 2.83. The van der Waals surface area contributed by atoms with E-state index in [1.807, 2.05) is 13.8 Å². The molecule has 0 aliphatic rings. The van der Waals surface area contributed by atoms with Gasteiger partial charge in [0.15, 0.2) is 10.3 Å². The fourth-order valence-electron chi connectivity index (χ4n) is 1.24. The van der Waals surface area contributed by atoms with Gasteiger partial charge in [-0.1, -0.05) is 19.1 Å². The first kappa shape index (κ1) is 8.37. The molecule has 0 bridgehead atoms. The van der Waals surface area contributed by atoms with E-state index >= 15 is 0 Å². The van der Waals surface area contributed by atoms with Crippen molar-refractivity contribution in [3.05, 3.63) is 16.3 Å². The van der Waals surface area contributed by atoms with Crippen molar-refractivity contribution < 1.29 is 0 Å². The van der Waals surface area contributed by atoms with Crippen LogP contribution in [0.15, 0.2) is 0 Å². The van der Waals surface area contributed by atoms with Gasteiger partial charge in [0, 0.05) is 6.42 Å². The third-order valence-corrected chi connectivity index (χ3v) is 2.17. The number of H-pyrrole nitrogens is 2. The number of aromatic nitrogens is 4. The van der Waals surface area contributed by atoms with Crippen molar-refractivity contribution in [3.63, 3.8) is 0 Å². The number of hydrogen-bond donors (Lipinski definition) is 2. The molecule has 0 aromatic carbocycles. The summed E-state index contributed by atoms with van der Waals surface area (Å²) in [7, 11) is 0. The van der Waals surface area contributed by atoms with Crippen molar-refractivity contribution in [2.24, 2.45) is 0 Å². The van der Waals surface area contributed by atoms with E-state index in [0.717, 1.165) is 29.2 Å². The highest BCUT2D eigenvalue weighted by atomic mass is 32.1. The fraction of sp³-hybridized carbons (Fsp3) is 0.375. The van der Waals surface area contributed by atoms with Crippen LogP contribution < -0.4 is 0 Å². The van der Waals surface area contributed by atoms with Crippen molar-refractivity contribution in [1.29, 1.82) is 0 Å². The van der Waals surface area contributed by atoms with E-state index in [9.17, 15) is 0 Å². The number of nitrogens with zero attached hydrogens (tertiary/aromatic N) is 2. The number of imidazole rings is 1. The maximum atomic E-state index is 5.10. The molecular weight excluding hydrogens is 184 g/mol. The zero-order valence-corrected chi connectivity index (χ0v) is 8.33. The Morgan fingerprint density at radius 1 is 1.31 bits per heavy atom. The Hall–Kier alpha value is -1.23. The van der Waals surface area contributed by atoms with Gasteiger partial charge in [-0.15, -0.1) is 0 Å². The van der Waals surface area contributed by atoms with Crippen LogP contribution in [0.25, 0.3) is 11.2 Å². The van der Waals surface area contributed by atoms with Crippen molar-refractivity contribution in [2.45, 2.75) is 20.3 Å². The highest BCUT2D eigenvalue weighted by Gasteiger charge is 2.03. The summed E-state index contributed by atoms with van der Waals surface area (Å²) in [5.74, 6) is 1.73. The average Bonchev–Trinajstić information content (AvgIpc) is 2.47. The third kappa shape index (κ3) is 1.35. The average molecular weight is 194 g/mol. The van der Waals surface area contributed by atoms with Gasteiger partial charge < -0.3 is 9.97 Å². The van der Waals surface area contributed by atoms with Crippen LogP contribution in [0, 0.1) is 11.6 Å². The summed E-state index contributed by atoms with van der Waals surface area (Å²) in [6, 6.07) is 0. The number of aryl methyl sites for hydroxylation is 2. The van der Waals surface area contributed by atoms with Crippen LogP contribution >= 0.6 is 12.2 Å². The number of hydrogen-bond acceptors (Lipinski definition) is 3. The lowest BCUT2D eigenvalue weighted by Gasteiger charge is -1.91. The van der Waals surface area contributed by atoms with Gasteiger partial charge in [-0.25, -0.2) is 9.97 Å². The van der Waals surface area contributed by atoms with Gasteiger partial charge >= 0.3 is 0 Å². The number of rotatable bonds is 1. The second-order valence-electron chi connectivity index (χ2n) is 2.89. The molecule has 0 fully saturated rings. The monoisotopic (exact) mass is 194 g/mol. The van der Waals surface area contributed by atoms with Crippen LogP contribution in [-0.4, -0.2) is 19.9 Å². The molecule has 13 heavy (non-hydrogen) atoms. The summed E-state index contributed by atoms with van der Waals surface area (Å²) in [5, 5.41) is 0. The van der Waals surface area contributed by atoms with Crippen molar-refractivity contribution in [1.82, 2.24) is 19.9 Å². The number of fused-ring (bicyclic) bond motifs is 1. The topological polar surface area (TPSA) is 57.4 Å². The molecule has 0 radical (unpaired) electrons. The molecular formula is C8H10N4S. The SMILES string of the molecule is CCc1nc2[nH]c(C)nc(=S)c2[nH]1. The molecule has 0 spiro atoms. The molecule has 0 aliphatic carbocycles. The van der Waals surface area contributed by atoms with Crippen LogP contribution in [0.5, 0.6) is 0 Å². The third-order valence-electron chi connectivity index (χ3n) is 1.87. The Morgan fingerprint density at radius 2 is 2.08 bits per heavy atom. The minimum atomic E-state index is 0.582. The number of nitrogens with one attached hydrogen (secondary N) is 2. The summed E-state index contributed by atoms with van der Waals surface area (Å²) >= 11 is 5.10.